The summed E-state index contributed by atoms with van der Waals surface area (Å²) in [7, 11) is 0. The highest BCUT2D eigenvalue weighted by atomic mass is 32.1. The number of thiol groups is 1. The van der Waals surface area contributed by atoms with Crippen LogP contribution in [0.4, 0.5) is 0 Å². The first-order valence-electron chi connectivity index (χ1n) is 13.8. The molecule has 246 valence electrons. The molecule has 42 heavy (non-hydrogen) atoms. The third kappa shape index (κ3) is 7.60. The molecule has 3 rings (SSSR count). The summed E-state index contributed by atoms with van der Waals surface area (Å²) in [5.74, 6) is -3.35. The van der Waals surface area contributed by atoms with Gasteiger partial charge in [0.2, 0.25) is 12.0 Å². The second-order valence-corrected chi connectivity index (χ2v) is 11.2. The second-order valence-electron chi connectivity index (χ2n) is 10.8. The zero-order valence-corrected chi connectivity index (χ0v) is 23.8. The maximum absolute atomic E-state index is 11.3. The van der Waals surface area contributed by atoms with Gasteiger partial charge in [0.25, 0.3) is 0 Å². The molecule has 1 saturated heterocycles. The Morgan fingerprint density at radius 2 is 1.57 bits per heavy atom. The Balaban J connectivity index is 1.96. The van der Waals surface area contributed by atoms with Crippen LogP contribution in [0.5, 0.6) is 0 Å². The molecule has 0 amide bonds. The fourth-order valence-electron chi connectivity index (χ4n) is 5.36. The zero-order valence-electron chi connectivity index (χ0n) is 22.9. The van der Waals surface area contributed by atoms with Gasteiger partial charge in [0, 0.05) is 18.9 Å². The average molecular weight is 633 g/mol. The van der Waals surface area contributed by atoms with E-state index in [1.165, 1.54) is 0 Å². The van der Waals surface area contributed by atoms with Gasteiger partial charge in [0.05, 0.1) is 44.6 Å². The quantitative estimate of drug-likeness (QED) is 0.0459. The largest absolute Gasteiger partial charge is 0.458 e. The summed E-state index contributed by atoms with van der Waals surface area (Å²) >= 11 is 4.13. The van der Waals surface area contributed by atoms with Gasteiger partial charge in [-0.05, 0) is 18.6 Å². The lowest BCUT2D eigenvalue weighted by atomic mass is 9.92. The molecule has 0 aromatic rings. The summed E-state index contributed by atoms with van der Waals surface area (Å²) < 4.78 is 28.0. The minimum absolute atomic E-state index is 0.0896. The number of unbranched alkanes of at least 4 members (excludes halogenated alkanes) is 2. The molecule has 2 heterocycles. The maximum Gasteiger partial charge on any atom is 0.323 e. The van der Waals surface area contributed by atoms with Gasteiger partial charge in [-0.1, -0.05) is 6.42 Å². The summed E-state index contributed by atoms with van der Waals surface area (Å²) in [5.41, 5.74) is -2.35. The third-order valence-electron chi connectivity index (χ3n) is 7.85. The van der Waals surface area contributed by atoms with E-state index in [-0.39, 0.29) is 6.61 Å². The van der Waals surface area contributed by atoms with Crippen molar-refractivity contribution in [3.05, 3.63) is 11.7 Å². The number of aliphatic hydroxyl groups is 11. The Kier molecular flexibility index (Phi) is 13.3. The van der Waals surface area contributed by atoms with E-state index in [9.17, 15) is 56.2 Å². The van der Waals surface area contributed by atoms with Crippen molar-refractivity contribution >= 4 is 12.6 Å². The summed E-state index contributed by atoms with van der Waals surface area (Å²) in [6, 6.07) is 0. The van der Waals surface area contributed by atoms with Gasteiger partial charge in [-0.15, -0.1) is 0 Å². The van der Waals surface area contributed by atoms with E-state index < -0.39 is 123 Å². The van der Waals surface area contributed by atoms with Crippen LogP contribution in [-0.4, -0.2) is 162 Å². The molecule has 2 fully saturated rings. The van der Waals surface area contributed by atoms with Crippen LogP contribution in [0.2, 0.25) is 0 Å². The van der Waals surface area contributed by atoms with Gasteiger partial charge < -0.3 is 79.9 Å². The molecule has 11 N–H and O–H groups in total. The second kappa shape index (κ2) is 15.8. The average Bonchev–Trinajstić information content (AvgIpc) is 3.22. The minimum atomic E-state index is -2.35. The van der Waals surface area contributed by atoms with Crippen LogP contribution < -0.4 is 0 Å². The molecule has 13 atom stereocenters. The Morgan fingerprint density at radius 1 is 0.857 bits per heavy atom. The summed E-state index contributed by atoms with van der Waals surface area (Å²) in [6.45, 7) is -3.15. The Morgan fingerprint density at radius 3 is 2.17 bits per heavy atom. The van der Waals surface area contributed by atoms with Gasteiger partial charge in [-0.25, -0.2) is 0 Å². The molecule has 2 aliphatic heterocycles. The van der Waals surface area contributed by atoms with Crippen LogP contribution in [0.25, 0.3) is 0 Å². The van der Waals surface area contributed by atoms with Crippen LogP contribution in [-0.2, 0) is 23.7 Å². The van der Waals surface area contributed by atoms with Crippen molar-refractivity contribution in [2.75, 3.05) is 38.8 Å². The van der Waals surface area contributed by atoms with Crippen molar-refractivity contribution in [1.82, 2.24) is 0 Å². The highest BCUT2D eigenvalue weighted by Crippen LogP contribution is 2.42. The molecule has 0 aromatic heterocycles. The van der Waals surface area contributed by atoms with E-state index in [2.05, 4.69) is 12.6 Å². The van der Waals surface area contributed by atoms with Crippen LogP contribution >= 0.6 is 12.6 Å². The number of hydrogen-bond donors (Lipinski definition) is 12. The van der Waals surface area contributed by atoms with Gasteiger partial charge in [-0.2, -0.15) is 12.6 Å². The topological polar surface area (TPSA) is 269 Å². The Hall–Kier alpha value is -1.03. The molecule has 3 aliphatic rings. The molecule has 0 bridgehead atoms. The molecule has 1 saturated carbocycles. The lowest BCUT2D eigenvalue weighted by Crippen LogP contribution is -2.60. The van der Waals surface area contributed by atoms with E-state index in [4.69, 9.17) is 23.7 Å². The molecule has 0 radical (unpaired) electrons. The van der Waals surface area contributed by atoms with Crippen molar-refractivity contribution in [2.24, 2.45) is 11.8 Å². The Labute approximate surface area is 247 Å². The molecule has 0 spiro atoms. The van der Waals surface area contributed by atoms with E-state index in [0.29, 0.717) is 12.2 Å². The molecular formula is C25H44O16S. The fraction of sp³-hybridized carbons (Fsp3) is 0.920. The lowest BCUT2D eigenvalue weighted by molar-refractivity contribution is -0.302. The highest BCUT2D eigenvalue weighted by molar-refractivity contribution is 7.80. The van der Waals surface area contributed by atoms with E-state index >= 15 is 0 Å². The molecule has 16 nitrogen and oxygen atoms in total. The predicted octanol–water partition coefficient (Wildman–Crippen LogP) is -4.74. The summed E-state index contributed by atoms with van der Waals surface area (Å²) in [6.07, 6.45) is -14.7. The molecular weight excluding hydrogens is 588 g/mol. The minimum Gasteiger partial charge on any atom is -0.458 e. The number of rotatable bonds is 15. The SMILES string of the molecule is OCC1CC(O)(CO)C(O[C@@H]2OC(CO)[C@@H](O)C(O)C2O)=C(OC2C(CO)[C@@H](O)C(O)C2[C@H](O)OCCCCCS)O1. The van der Waals surface area contributed by atoms with E-state index in [0.717, 1.165) is 12.8 Å². The van der Waals surface area contributed by atoms with Crippen molar-refractivity contribution in [3.8, 4) is 0 Å². The monoisotopic (exact) mass is 632 g/mol. The highest BCUT2D eigenvalue weighted by Gasteiger charge is 2.56. The van der Waals surface area contributed by atoms with Crippen LogP contribution in [0, 0.1) is 11.8 Å². The van der Waals surface area contributed by atoms with Gasteiger partial charge >= 0.3 is 5.95 Å². The van der Waals surface area contributed by atoms with E-state index in [1.807, 2.05) is 0 Å². The third-order valence-corrected chi connectivity index (χ3v) is 8.17. The first kappa shape index (κ1) is 35.4. The van der Waals surface area contributed by atoms with Gasteiger partial charge in [0.1, 0.15) is 36.6 Å². The molecule has 1 aliphatic carbocycles. The standard InChI is InChI=1S/C25H44O16S/c26-7-11-6-25(36,10-29)21(41-23-19(34)18(33)16(31)13(9-28)39-23)24(38-11)40-20-12(8-27)15(30)17(32)14(20)22(35)37-4-2-1-3-5-42/h11-20,22-23,26-36,42H,1-10H2/t11?,12?,13?,14?,15-,16-,17?,18?,19?,20?,22-,23+,25?/m1/s1. The van der Waals surface area contributed by atoms with Crippen molar-refractivity contribution in [2.45, 2.75) is 92.7 Å². The van der Waals surface area contributed by atoms with Crippen LogP contribution in [0.1, 0.15) is 25.7 Å². The Bertz CT molecular complexity index is 864. The number of hydrogen-bond acceptors (Lipinski definition) is 17. The van der Waals surface area contributed by atoms with Crippen molar-refractivity contribution in [1.29, 1.82) is 0 Å². The lowest BCUT2D eigenvalue weighted by Gasteiger charge is -2.43. The van der Waals surface area contributed by atoms with Gasteiger partial charge in [0.15, 0.2) is 11.9 Å². The van der Waals surface area contributed by atoms with Crippen molar-refractivity contribution in [3.63, 3.8) is 0 Å². The summed E-state index contributed by atoms with van der Waals surface area (Å²) in [5, 5.41) is 114. The van der Waals surface area contributed by atoms with E-state index in [1.54, 1.807) is 0 Å². The summed E-state index contributed by atoms with van der Waals surface area (Å²) in [4.78, 5) is 0. The van der Waals surface area contributed by atoms with Crippen LogP contribution in [0.15, 0.2) is 11.7 Å². The van der Waals surface area contributed by atoms with Crippen molar-refractivity contribution < 1.29 is 79.9 Å². The molecule has 17 heteroatoms. The molecule has 9 unspecified atom stereocenters. The smallest absolute Gasteiger partial charge is 0.323 e. The predicted molar refractivity (Wildman–Crippen MR) is 141 cm³/mol. The molecule has 0 aromatic carbocycles. The first-order valence-corrected chi connectivity index (χ1v) is 14.5. The normalized spacial score (nSPS) is 41.5. The zero-order chi connectivity index (χ0) is 31.2. The first-order chi connectivity index (χ1) is 20.0. The fourth-order valence-corrected chi connectivity index (χ4v) is 5.58. The number of aliphatic hydroxyl groups excluding tert-OH is 10. The number of ether oxygens (including phenoxy) is 5. The van der Waals surface area contributed by atoms with Crippen LogP contribution in [0.3, 0.4) is 0 Å². The van der Waals surface area contributed by atoms with Gasteiger partial charge in [-0.3, -0.25) is 0 Å². The maximum atomic E-state index is 11.3.